The molecule has 0 aliphatic heterocycles. The number of aliphatic hydroxyl groups is 1. The van der Waals surface area contributed by atoms with Crippen molar-refractivity contribution in [3.8, 4) is 5.75 Å². The number of ether oxygens (including phenoxy) is 1. The molecule has 1 amide bonds. The van der Waals surface area contributed by atoms with Crippen LogP contribution in [-0.4, -0.2) is 56.1 Å². The molecule has 1 heterocycles. The number of guanidine groups is 1. The summed E-state index contributed by atoms with van der Waals surface area (Å²) >= 11 is 1.16. The zero-order chi connectivity index (χ0) is 32.8. The summed E-state index contributed by atoms with van der Waals surface area (Å²) in [4.78, 5) is 21.1. The first kappa shape index (κ1) is 34.8. The Hall–Kier alpha value is -3.73. The zero-order valence-electron chi connectivity index (χ0n) is 24.5. The van der Waals surface area contributed by atoms with Gasteiger partial charge >= 0.3 is 0 Å². The number of aromatic nitrogens is 1. The van der Waals surface area contributed by atoms with Crippen molar-refractivity contribution in [1.29, 1.82) is 0 Å². The molecule has 3 aromatic rings. The first-order valence-corrected chi connectivity index (χ1v) is 15.8. The summed E-state index contributed by atoms with van der Waals surface area (Å²) in [7, 11) is -2.57. The monoisotopic (exact) mass is 656 g/mol. The minimum absolute atomic E-state index is 0.0245. The van der Waals surface area contributed by atoms with E-state index < -0.39 is 51.6 Å². The number of carbonyl (C=O) groups excluding carboxylic acids is 1. The van der Waals surface area contributed by atoms with Crippen molar-refractivity contribution in [2.24, 2.45) is 16.5 Å². The maximum absolute atomic E-state index is 13.6. The summed E-state index contributed by atoms with van der Waals surface area (Å²) in [5.74, 6) is -4.96. The van der Waals surface area contributed by atoms with Gasteiger partial charge in [0.15, 0.2) is 17.5 Å². The minimum atomic E-state index is -4.07. The van der Waals surface area contributed by atoms with Crippen LogP contribution in [0.5, 0.6) is 5.75 Å². The lowest BCUT2D eigenvalue weighted by Gasteiger charge is -2.24. The quantitative estimate of drug-likeness (QED) is 0.0806. The largest absolute Gasteiger partial charge is 0.496 e. The topological polar surface area (TPSA) is 182 Å². The lowest BCUT2D eigenvalue weighted by atomic mass is 10.0. The Morgan fingerprint density at radius 2 is 1.82 bits per heavy atom. The first-order valence-electron chi connectivity index (χ1n) is 13.4. The van der Waals surface area contributed by atoms with Gasteiger partial charge in [-0.15, -0.1) is 11.3 Å². The standard InChI is InChI=1S/C28H35F3N6O5S2/c1-14-10-22(42-4)15(2)16(3)25(14)44(40,41)37-28(33)35-7-5-6-21(24(38)27-34-8-9-43-27)36-26(39)20(32)13-17-11-18(29)23(31)19(30)12-17/h8-12,20-21,24,38H,5-7,13,32H2,1-4H3,(H,36,39)(H3,33,35,37)/t20-,21-,24?/m0/s1. The van der Waals surface area contributed by atoms with Crippen LogP contribution in [0.2, 0.25) is 0 Å². The fraction of sp³-hybridized carbons (Fsp3) is 0.393. The highest BCUT2D eigenvalue weighted by Crippen LogP contribution is 2.30. The van der Waals surface area contributed by atoms with E-state index in [0.29, 0.717) is 27.4 Å². The number of nitrogens with two attached hydrogens (primary N) is 2. The average molecular weight is 657 g/mol. The molecular formula is C28H35F3N6O5S2. The van der Waals surface area contributed by atoms with E-state index in [4.69, 9.17) is 16.2 Å². The van der Waals surface area contributed by atoms with E-state index in [1.807, 2.05) is 0 Å². The Bertz CT molecular complexity index is 1600. The predicted octanol–water partition coefficient (Wildman–Crippen LogP) is 2.66. The van der Waals surface area contributed by atoms with Crippen molar-refractivity contribution in [1.82, 2.24) is 15.0 Å². The Labute approximate surface area is 257 Å². The molecule has 11 nitrogen and oxygen atoms in total. The number of aryl methyl sites for hydroxylation is 1. The Kier molecular flexibility index (Phi) is 11.7. The van der Waals surface area contributed by atoms with Crippen molar-refractivity contribution in [2.75, 3.05) is 13.7 Å². The number of halogens is 3. The number of benzene rings is 2. The molecule has 0 saturated carbocycles. The van der Waals surface area contributed by atoms with Gasteiger partial charge < -0.3 is 26.6 Å². The second-order valence-corrected chi connectivity index (χ2v) is 12.6. The van der Waals surface area contributed by atoms with E-state index in [2.05, 4.69) is 20.0 Å². The Morgan fingerprint density at radius 1 is 1.16 bits per heavy atom. The molecular weight excluding hydrogens is 621 g/mol. The van der Waals surface area contributed by atoms with Gasteiger partial charge in [0, 0.05) is 18.1 Å². The average Bonchev–Trinajstić information content (AvgIpc) is 3.49. The number of nitrogens with zero attached hydrogens (tertiary/aromatic N) is 2. The number of aliphatic hydroxyl groups excluding tert-OH is 1. The second-order valence-electron chi connectivity index (χ2n) is 10.1. The van der Waals surface area contributed by atoms with Crippen molar-refractivity contribution >= 4 is 33.2 Å². The van der Waals surface area contributed by atoms with Gasteiger partial charge in [-0.3, -0.25) is 9.79 Å². The van der Waals surface area contributed by atoms with Crippen molar-refractivity contribution in [3.63, 3.8) is 0 Å². The van der Waals surface area contributed by atoms with Crippen LogP contribution >= 0.6 is 11.3 Å². The maximum atomic E-state index is 13.6. The molecule has 0 aliphatic rings. The molecule has 0 saturated heterocycles. The number of carbonyl (C=O) groups is 1. The molecule has 1 unspecified atom stereocenters. The zero-order valence-corrected chi connectivity index (χ0v) is 26.2. The molecule has 0 radical (unpaired) electrons. The molecule has 2 aromatic carbocycles. The molecule has 0 spiro atoms. The fourth-order valence-corrected chi connectivity index (χ4v) is 6.77. The Balaban J connectivity index is 1.67. The van der Waals surface area contributed by atoms with Gasteiger partial charge in [0.25, 0.3) is 10.0 Å². The second kappa shape index (κ2) is 14.8. The van der Waals surface area contributed by atoms with Crippen LogP contribution in [0.4, 0.5) is 13.2 Å². The number of nitrogens with one attached hydrogen (secondary N) is 2. The molecule has 0 fully saturated rings. The molecule has 3 rings (SSSR count). The molecule has 0 bridgehead atoms. The summed E-state index contributed by atoms with van der Waals surface area (Å²) < 4.78 is 74.2. The third-order valence-corrected chi connectivity index (χ3v) is 9.40. The SMILES string of the molecule is COc1cc(C)c(S(=O)(=O)NC(N)=NCCC[C@H](NC(=O)[C@@H](N)Cc2cc(F)c(F)c(F)c2)C(O)c2nccs2)c(C)c1C. The summed E-state index contributed by atoms with van der Waals surface area (Å²) in [6.45, 7) is 5.08. The van der Waals surface area contributed by atoms with E-state index in [1.165, 1.54) is 13.3 Å². The first-order chi connectivity index (χ1) is 20.7. The smallest absolute Gasteiger partial charge is 0.264 e. The lowest BCUT2D eigenvalue weighted by molar-refractivity contribution is -0.124. The van der Waals surface area contributed by atoms with Gasteiger partial charge in [0.1, 0.15) is 16.9 Å². The highest BCUT2D eigenvalue weighted by Gasteiger charge is 2.27. The van der Waals surface area contributed by atoms with Crippen molar-refractivity contribution < 1.29 is 36.2 Å². The summed E-state index contributed by atoms with van der Waals surface area (Å²) in [6, 6.07) is 0.948. The maximum Gasteiger partial charge on any atom is 0.264 e. The summed E-state index contributed by atoms with van der Waals surface area (Å²) in [5.41, 5.74) is 13.4. The molecule has 44 heavy (non-hydrogen) atoms. The van der Waals surface area contributed by atoms with Crippen LogP contribution in [0.25, 0.3) is 0 Å². The Morgan fingerprint density at radius 3 is 2.41 bits per heavy atom. The van der Waals surface area contributed by atoms with Crippen LogP contribution < -0.4 is 26.2 Å². The number of hydrogen-bond acceptors (Lipinski definition) is 9. The third kappa shape index (κ3) is 8.46. The molecule has 7 N–H and O–H groups in total. The minimum Gasteiger partial charge on any atom is -0.496 e. The van der Waals surface area contributed by atoms with Crippen LogP contribution in [-0.2, 0) is 21.2 Å². The number of rotatable bonds is 13. The highest BCUT2D eigenvalue weighted by molar-refractivity contribution is 7.90. The van der Waals surface area contributed by atoms with Gasteiger partial charge in [-0.25, -0.2) is 31.3 Å². The van der Waals surface area contributed by atoms with Crippen LogP contribution in [0.3, 0.4) is 0 Å². The number of methoxy groups -OCH3 is 1. The summed E-state index contributed by atoms with van der Waals surface area (Å²) in [6.07, 6.45) is 0.359. The normalized spacial score (nSPS) is 14.2. The van der Waals surface area contributed by atoms with E-state index >= 15 is 0 Å². The molecule has 240 valence electrons. The molecule has 3 atom stereocenters. The van der Waals surface area contributed by atoms with Gasteiger partial charge in [0.2, 0.25) is 11.9 Å². The highest BCUT2D eigenvalue weighted by atomic mass is 32.2. The van der Waals surface area contributed by atoms with E-state index in [9.17, 15) is 31.5 Å². The van der Waals surface area contributed by atoms with Gasteiger partial charge in [0.05, 0.1) is 24.1 Å². The molecule has 16 heteroatoms. The van der Waals surface area contributed by atoms with E-state index in [1.54, 1.807) is 32.2 Å². The number of amides is 1. The number of sulfonamides is 1. The number of hydrogen-bond donors (Lipinski definition) is 5. The molecule has 0 aliphatic carbocycles. The number of aliphatic imine (C=N–C) groups is 1. The van der Waals surface area contributed by atoms with Crippen LogP contribution in [0.15, 0.2) is 39.7 Å². The van der Waals surface area contributed by atoms with Crippen LogP contribution in [0, 0.1) is 38.2 Å². The summed E-state index contributed by atoms with van der Waals surface area (Å²) in [5, 5.41) is 15.5. The van der Waals surface area contributed by atoms with Crippen molar-refractivity contribution in [3.05, 3.63) is 74.5 Å². The van der Waals surface area contributed by atoms with E-state index in [0.717, 1.165) is 23.5 Å². The predicted molar refractivity (Wildman–Crippen MR) is 160 cm³/mol. The van der Waals surface area contributed by atoms with Crippen LogP contribution in [0.1, 0.15) is 46.2 Å². The van der Waals surface area contributed by atoms with Gasteiger partial charge in [-0.1, -0.05) is 0 Å². The van der Waals surface area contributed by atoms with Gasteiger partial charge in [-0.2, -0.15) is 0 Å². The third-order valence-electron chi connectivity index (χ3n) is 6.91. The molecule has 1 aromatic heterocycles. The van der Waals surface area contributed by atoms with E-state index in [-0.39, 0.29) is 42.2 Å². The van der Waals surface area contributed by atoms with Gasteiger partial charge in [-0.05, 0) is 80.5 Å². The van der Waals surface area contributed by atoms with Crippen molar-refractivity contribution in [2.45, 2.75) is 63.1 Å². The lowest BCUT2D eigenvalue weighted by Crippen LogP contribution is -2.48. The fourth-order valence-electron chi connectivity index (χ4n) is 4.60. The number of thiazole rings is 1.